The average Bonchev–Trinajstić information content (AvgIpc) is 3.38. The lowest BCUT2D eigenvalue weighted by Crippen LogP contribution is -2.35. The minimum Gasteiger partial charge on any atom is -0.451 e. The molecular weight excluding hydrogens is 416 g/mol. The Hall–Kier alpha value is -2.16. The number of nitrogens with one attached hydrogen (secondary N) is 1. The summed E-state index contributed by atoms with van der Waals surface area (Å²) in [6, 6.07) is 6.29. The minimum atomic E-state index is -0.841. The van der Waals surface area contributed by atoms with Gasteiger partial charge in [-0.3, -0.25) is 14.9 Å². The number of aromatic nitrogens is 1. The zero-order chi connectivity index (χ0) is 22.0. The number of ether oxygens (including phenoxy) is 1. The van der Waals surface area contributed by atoms with Crippen molar-refractivity contribution in [1.29, 1.82) is 0 Å². The largest absolute Gasteiger partial charge is 0.451 e. The summed E-state index contributed by atoms with van der Waals surface area (Å²) in [6.45, 7) is 4.16. The third kappa shape index (κ3) is 5.19. The number of amides is 2. The lowest BCUT2D eigenvalue weighted by molar-refractivity contribution is -0.120. The van der Waals surface area contributed by atoms with E-state index in [0.717, 1.165) is 48.7 Å². The Kier molecular flexibility index (Phi) is 6.79. The van der Waals surface area contributed by atoms with Gasteiger partial charge in [-0.15, -0.1) is 0 Å². The molecule has 31 heavy (non-hydrogen) atoms. The van der Waals surface area contributed by atoms with E-state index in [1.54, 1.807) is 6.26 Å². The molecule has 1 aromatic carbocycles. The topological polar surface area (TPSA) is 102 Å². The molecule has 1 aliphatic heterocycles. The number of aryl methyl sites for hydroxylation is 2. The molecule has 2 N–H and O–H groups in total. The molecule has 8 heteroatoms. The van der Waals surface area contributed by atoms with Gasteiger partial charge in [-0.2, -0.15) is 0 Å². The molecule has 3 unspecified atom stereocenters. The van der Waals surface area contributed by atoms with E-state index in [2.05, 4.69) is 42.3 Å². The molecule has 0 radical (unpaired) electrons. The summed E-state index contributed by atoms with van der Waals surface area (Å²) in [5.41, 5.74) is 4.20. The second-order valence-corrected chi connectivity index (χ2v) is 9.66. The number of hydrogen-bond donors (Lipinski definition) is 2. The summed E-state index contributed by atoms with van der Waals surface area (Å²) in [4.78, 5) is 27.6. The van der Waals surface area contributed by atoms with E-state index in [1.165, 1.54) is 17.5 Å². The highest BCUT2D eigenvalue weighted by molar-refractivity contribution is 8.15. The highest BCUT2D eigenvalue weighted by Gasteiger charge is 2.39. The van der Waals surface area contributed by atoms with Crippen LogP contribution < -0.4 is 5.32 Å². The van der Waals surface area contributed by atoms with Gasteiger partial charge in [0.15, 0.2) is 6.39 Å². The van der Waals surface area contributed by atoms with Crippen molar-refractivity contribution in [3.05, 3.63) is 53.2 Å². The summed E-state index contributed by atoms with van der Waals surface area (Å²) in [6.07, 6.45) is 6.07. The Morgan fingerprint density at radius 2 is 2.13 bits per heavy atom. The van der Waals surface area contributed by atoms with Crippen LogP contribution >= 0.6 is 11.8 Å². The summed E-state index contributed by atoms with van der Waals surface area (Å²) in [7, 11) is 0. The zero-order valence-electron chi connectivity index (χ0n) is 17.7. The molecule has 4 rings (SSSR count). The van der Waals surface area contributed by atoms with Crippen LogP contribution in [-0.4, -0.2) is 38.7 Å². The normalized spacial score (nSPS) is 26.0. The van der Waals surface area contributed by atoms with Gasteiger partial charge in [0.05, 0.1) is 12.2 Å². The quantitative estimate of drug-likeness (QED) is 0.664. The van der Waals surface area contributed by atoms with Crippen LogP contribution in [0.5, 0.6) is 0 Å². The van der Waals surface area contributed by atoms with Crippen molar-refractivity contribution in [2.45, 2.75) is 69.5 Å². The maximum atomic E-state index is 11.9. The van der Waals surface area contributed by atoms with Crippen LogP contribution in [0.15, 0.2) is 35.3 Å². The second kappa shape index (κ2) is 9.54. The first-order chi connectivity index (χ1) is 14.9. The fourth-order valence-electron chi connectivity index (χ4n) is 4.46. The lowest BCUT2D eigenvalue weighted by atomic mass is 9.83. The van der Waals surface area contributed by atoms with Gasteiger partial charge in [0.2, 0.25) is 5.91 Å². The molecular formula is C23H28N2O5S. The molecule has 2 amide bonds. The first kappa shape index (κ1) is 22.0. The van der Waals surface area contributed by atoms with Crippen LogP contribution in [0.2, 0.25) is 0 Å². The van der Waals surface area contributed by atoms with Gasteiger partial charge < -0.3 is 14.3 Å². The van der Waals surface area contributed by atoms with Gasteiger partial charge >= 0.3 is 0 Å². The summed E-state index contributed by atoms with van der Waals surface area (Å²) in [5.74, 6) is -0.164. The number of aliphatic hydroxyl groups excluding tert-OH is 1. The van der Waals surface area contributed by atoms with Crippen LogP contribution in [0.4, 0.5) is 4.79 Å². The first-order valence-electron chi connectivity index (χ1n) is 10.7. The molecule has 166 valence electrons. The molecule has 1 saturated heterocycles. The molecule has 2 aliphatic rings. The number of hydrogen-bond acceptors (Lipinski definition) is 7. The van der Waals surface area contributed by atoms with Crippen molar-refractivity contribution < 1.29 is 23.8 Å². The molecule has 2 heterocycles. The van der Waals surface area contributed by atoms with Gasteiger partial charge in [0.25, 0.3) is 5.24 Å². The smallest absolute Gasteiger partial charge is 0.286 e. The number of carbonyl (C=O) groups excluding carboxylic acids is 2. The van der Waals surface area contributed by atoms with Crippen LogP contribution in [0.3, 0.4) is 0 Å². The van der Waals surface area contributed by atoms with Crippen LogP contribution in [0.25, 0.3) is 0 Å². The highest BCUT2D eigenvalue weighted by Crippen LogP contribution is 2.36. The van der Waals surface area contributed by atoms with E-state index in [4.69, 9.17) is 9.15 Å². The molecule has 1 aromatic heterocycles. The predicted molar refractivity (Wildman–Crippen MR) is 117 cm³/mol. The standard InChI is InChI=1S/C23H28N2O5S/c1-13-6-7-16(8-14(13)2)20(18-11-29-12-24-18)30-17-5-3-4-15(9-17)10-19(26)21-22(27)25-23(28)31-21/h6-8,11-12,15,17,19-21,26H,3-5,9-10H2,1-2H3,(H,25,27,28)/t15-,17+,19?,20?,21?/m0/s1. The monoisotopic (exact) mass is 444 g/mol. The number of aliphatic hydroxyl groups is 1. The van der Waals surface area contributed by atoms with Gasteiger partial charge in [-0.05, 0) is 67.5 Å². The van der Waals surface area contributed by atoms with Crippen LogP contribution in [0.1, 0.15) is 60.6 Å². The SMILES string of the molecule is Cc1ccc(C(O[C@@H]2CCC[C@H](CC(O)C3SC(=O)NC3=O)C2)c2cocn2)cc1C. The number of imide groups is 1. The van der Waals surface area contributed by atoms with Crippen molar-refractivity contribution in [2.24, 2.45) is 5.92 Å². The Labute approximate surface area is 186 Å². The highest BCUT2D eigenvalue weighted by atomic mass is 32.2. The van der Waals surface area contributed by atoms with Gasteiger partial charge in [0.1, 0.15) is 23.3 Å². The van der Waals surface area contributed by atoms with Crippen molar-refractivity contribution in [3.63, 3.8) is 0 Å². The summed E-state index contributed by atoms with van der Waals surface area (Å²) in [5, 5.41) is 11.7. The average molecular weight is 445 g/mol. The molecule has 0 spiro atoms. The molecule has 2 fully saturated rings. The van der Waals surface area contributed by atoms with Crippen molar-refractivity contribution in [2.75, 3.05) is 0 Å². The fraction of sp³-hybridized carbons (Fsp3) is 0.522. The first-order valence-corrected chi connectivity index (χ1v) is 11.6. The van der Waals surface area contributed by atoms with Crippen molar-refractivity contribution >= 4 is 22.9 Å². The number of nitrogens with zero attached hydrogens (tertiary/aromatic N) is 1. The molecule has 7 nitrogen and oxygen atoms in total. The summed E-state index contributed by atoms with van der Waals surface area (Å²) >= 11 is 0.880. The Morgan fingerprint density at radius 3 is 2.81 bits per heavy atom. The third-order valence-corrected chi connectivity index (χ3v) is 7.36. The number of thioether (sulfide) groups is 1. The van der Waals surface area contributed by atoms with Crippen molar-refractivity contribution in [3.8, 4) is 0 Å². The van der Waals surface area contributed by atoms with E-state index >= 15 is 0 Å². The molecule has 2 aromatic rings. The predicted octanol–water partition coefficient (Wildman–Crippen LogP) is 4.06. The maximum absolute atomic E-state index is 11.9. The summed E-state index contributed by atoms with van der Waals surface area (Å²) < 4.78 is 11.8. The zero-order valence-corrected chi connectivity index (χ0v) is 18.6. The Balaban J connectivity index is 1.43. The molecule has 1 aliphatic carbocycles. The second-order valence-electron chi connectivity index (χ2n) is 8.55. The van der Waals surface area contributed by atoms with E-state index in [-0.39, 0.29) is 23.4 Å². The Bertz CT molecular complexity index is 932. The van der Waals surface area contributed by atoms with E-state index in [1.807, 2.05) is 0 Å². The van der Waals surface area contributed by atoms with E-state index in [9.17, 15) is 14.7 Å². The molecule has 5 atom stereocenters. The van der Waals surface area contributed by atoms with Crippen LogP contribution in [0, 0.1) is 19.8 Å². The van der Waals surface area contributed by atoms with Crippen LogP contribution in [-0.2, 0) is 9.53 Å². The number of rotatable bonds is 7. The maximum Gasteiger partial charge on any atom is 0.286 e. The lowest BCUT2D eigenvalue weighted by Gasteiger charge is -2.33. The third-order valence-electron chi connectivity index (χ3n) is 6.26. The molecule has 0 bridgehead atoms. The fourth-order valence-corrected chi connectivity index (χ4v) is 5.28. The number of benzene rings is 1. The van der Waals surface area contributed by atoms with Crippen molar-refractivity contribution in [1.82, 2.24) is 10.3 Å². The van der Waals surface area contributed by atoms with Gasteiger partial charge in [-0.1, -0.05) is 31.0 Å². The number of oxazole rings is 1. The molecule has 1 saturated carbocycles. The number of carbonyl (C=O) groups is 2. The van der Waals surface area contributed by atoms with Gasteiger partial charge in [-0.25, -0.2) is 4.98 Å². The van der Waals surface area contributed by atoms with Gasteiger partial charge in [0, 0.05) is 0 Å². The van der Waals surface area contributed by atoms with E-state index in [0.29, 0.717) is 6.42 Å². The Morgan fingerprint density at radius 1 is 1.29 bits per heavy atom. The minimum absolute atomic E-state index is 0.0148. The van der Waals surface area contributed by atoms with E-state index < -0.39 is 17.3 Å².